The van der Waals surface area contributed by atoms with Gasteiger partial charge in [-0.3, -0.25) is 14.3 Å². The summed E-state index contributed by atoms with van der Waals surface area (Å²) >= 11 is 0. The zero-order valence-electron chi connectivity index (χ0n) is 18.6. The Kier molecular flexibility index (Phi) is 8.69. The van der Waals surface area contributed by atoms with E-state index in [0.29, 0.717) is 31.2 Å². The molecule has 2 amide bonds. The summed E-state index contributed by atoms with van der Waals surface area (Å²) in [5.41, 5.74) is -0.486. The topological polar surface area (TPSA) is 140 Å². The van der Waals surface area contributed by atoms with Crippen LogP contribution in [-0.4, -0.2) is 57.1 Å². The van der Waals surface area contributed by atoms with E-state index < -0.39 is 41.8 Å². The third kappa shape index (κ3) is 6.24. The summed E-state index contributed by atoms with van der Waals surface area (Å²) in [5, 5.41) is 36.9. The number of aromatic nitrogens is 2. The van der Waals surface area contributed by atoms with Gasteiger partial charge in [-0.25, -0.2) is 4.39 Å². The molecule has 0 radical (unpaired) electrons. The second-order valence-corrected chi connectivity index (χ2v) is 8.68. The third-order valence-electron chi connectivity index (χ3n) is 4.97. The Morgan fingerprint density at radius 2 is 2.03 bits per heavy atom. The fourth-order valence-corrected chi connectivity index (χ4v) is 3.25. The largest absolute Gasteiger partial charge is 0.394 e. The van der Waals surface area contributed by atoms with Crippen molar-refractivity contribution in [2.24, 2.45) is 5.41 Å². The number of hydrogen-bond donors (Lipinski definition) is 4. The molecule has 0 aliphatic rings. The van der Waals surface area contributed by atoms with E-state index >= 15 is 0 Å². The fraction of sp³-hybridized carbons (Fsp3) is 0.545. The summed E-state index contributed by atoms with van der Waals surface area (Å²) in [5.74, 6) is -1.67. The van der Waals surface area contributed by atoms with E-state index in [-0.39, 0.29) is 17.8 Å². The second-order valence-electron chi connectivity index (χ2n) is 8.68. The summed E-state index contributed by atoms with van der Waals surface area (Å²) in [7, 11) is 0. The summed E-state index contributed by atoms with van der Waals surface area (Å²) in [6.45, 7) is 4.98. The number of nitrogens with one attached hydrogen (secondary N) is 2. The van der Waals surface area contributed by atoms with Gasteiger partial charge in [-0.2, -0.15) is 10.4 Å². The maximum Gasteiger partial charge on any atom is 0.273 e. The molecule has 10 heteroatoms. The van der Waals surface area contributed by atoms with Crippen molar-refractivity contribution in [1.29, 1.82) is 5.26 Å². The van der Waals surface area contributed by atoms with Crippen LogP contribution in [0.4, 0.5) is 4.39 Å². The second kappa shape index (κ2) is 11.0. The van der Waals surface area contributed by atoms with E-state index in [4.69, 9.17) is 10.4 Å². The lowest BCUT2D eigenvalue weighted by Gasteiger charge is -2.30. The number of nitriles is 1. The van der Waals surface area contributed by atoms with Crippen molar-refractivity contribution in [2.45, 2.75) is 58.7 Å². The number of halogens is 1. The smallest absolute Gasteiger partial charge is 0.273 e. The molecule has 0 saturated carbocycles. The molecule has 0 fully saturated rings. The lowest BCUT2D eigenvalue weighted by Crippen LogP contribution is -2.54. The van der Waals surface area contributed by atoms with Gasteiger partial charge in [0.15, 0.2) is 5.69 Å². The Hall–Kier alpha value is -3.03. The Morgan fingerprint density at radius 1 is 1.31 bits per heavy atom. The number of nitrogens with zero attached hydrogens (tertiary/aromatic N) is 3. The summed E-state index contributed by atoms with van der Waals surface area (Å²) in [6, 6.07) is 5.46. The number of amides is 2. The highest BCUT2D eigenvalue weighted by atomic mass is 19.1. The molecule has 0 bridgehead atoms. The molecule has 9 nitrogen and oxygen atoms in total. The molecule has 1 aromatic carbocycles. The Morgan fingerprint density at radius 3 is 2.66 bits per heavy atom. The zero-order chi connectivity index (χ0) is 23.9. The summed E-state index contributed by atoms with van der Waals surface area (Å²) in [6.07, 6.45) is 0.487. The standard InChI is InChI=1S/C22H30FN5O4/c1-22(2,3)19(21(32)25-12-14(30)13-29)26-20(31)17-15-8-7-9-16(23)18(15)28(27-17)11-6-4-5-10-24/h7-9,14,19,29-30H,4-6,11-13H2,1-3H3,(H,25,32)(H,26,31)/t14-,19+/m0/s1. The van der Waals surface area contributed by atoms with E-state index in [9.17, 15) is 19.1 Å². The molecule has 174 valence electrons. The Bertz CT molecular complexity index is 993. The number of fused-ring (bicyclic) bond motifs is 1. The number of aliphatic hydroxyl groups excluding tert-OH is 2. The average Bonchev–Trinajstić information content (AvgIpc) is 3.12. The molecule has 4 N–H and O–H groups in total. The lowest BCUT2D eigenvalue weighted by molar-refractivity contribution is -0.125. The van der Waals surface area contributed by atoms with Crippen LogP contribution < -0.4 is 10.6 Å². The van der Waals surface area contributed by atoms with E-state index in [2.05, 4.69) is 21.8 Å². The molecule has 1 heterocycles. The van der Waals surface area contributed by atoms with Crippen molar-refractivity contribution in [1.82, 2.24) is 20.4 Å². The lowest BCUT2D eigenvalue weighted by atomic mass is 9.86. The van der Waals surface area contributed by atoms with Gasteiger partial charge in [-0.1, -0.05) is 32.9 Å². The number of carbonyl (C=O) groups excluding carboxylic acids is 2. The highest BCUT2D eigenvalue weighted by molar-refractivity contribution is 6.06. The van der Waals surface area contributed by atoms with Crippen LogP contribution in [0.15, 0.2) is 18.2 Å². The normalized spacial score (nSPS) is 13.4. The average molecular weight is 448 g/mol. The van der Waals surface area contributed by atoms with Crippen molar-refractivity contribution in [2.75, 3.05) is 13.2 Å². The van der Waals surface area contributed by atoms with Crippen molar-refractivity contribution >= 4 is 22.7 Å². The van der Waals surface area contributed by atoms with Gasteiger partial charge in [-0.05, 0) is 24.3 Å². The first-order valence-corrected chi connectivity index (χ1v) is 10.5. The Balaban J connectivity index is 2.30. The minimum absolute atomic E-state index is 0.00257. The number of benzene rings is 1. The first-order valence-electron chi connectivity index (χ1n) is 10.5. The van der Waals surface area contributed by atoms with Gasteiger partial charge >= 0.3 is 0 Å². The quantitative estimate of drug-likeness (QED) is 0.407. The number of hydrogen-bond acceptors (Lipinski definition) is 6. The molecule has 2 aromatic rings. The number of unbranched alkanes of at least 4 members (excludes halogenated alkanes) is 2. The van der Waals surface area contributed by atoms with Crippen LogP contribution in [0.1, 0.15) is 50.5 Å². The first kappa shape index (κ1) is 25.2. The van der Waals surface area contributed by atoms with Gasteiger partial charge in [0.1, 0.15) is 17.4 Å². The van der Waals surface area contributed by atoms with Crippen molar-refractivity contribution < 1.29 is 24.2 Å². The number of aryl methyl sites for hydroxylation is 1. The minimum Gasteiger partial charge on any atom is -0.394 e. The van der Waals surface area contributed by atoms with Gasteiger partial charge in [0.2, 0.25) is 5.91 Å². The van der Waals surface area contributed by atoms with E-state index in [0.717, 1.165) is 0 Å². The predicted molar refractivity (Wildman–Crippen MR) is 116 cm³/mol. The summed E-state index contributed by atoms with van der Waals surface area (Å²) in [4.78, 5) is 25.8. The fourth-order valence-electron chi connectivity index (χ4n) is 3.25. The maximum absolute atomic E-state index is 14.5. The van der Waals surface area contributed by atoms with E-state index in [1.807, 2.05) is 0 Å². The molecule has 1 aromatic heterocycles. The highest BCUT2D eigenvalue weighted by Crippen LogP contribution is 2.24. The third-order valence-corrected chi connectivity index (χ3v) is 4.97. The Labute approximate surface area is 186 Å². The van der Waals surface area contributed by atoms with Crippen LogP contribution in [0.3, 0.4) is 0 Å². The maximum atomic E-state index is 14.5. The minimum atomic E-state index is -1.11. The van der Waals surface area contributed by atoms with E-state index in [1.54, 1.807) is 26.8 Å². The van der Waals surface area contributed by atoms with Crippen LogP contribution in [0.5, 0.6) is 0 Å². The number of aliphatic hydroxyl groups is 2. The molecule has 2 atom stereocenters. The predicted octanol–water partition coefficient (Wildman–Crippen LogP) is 1.48. The molecule has 0 aliphatic heterocycles. The molecule has 0 aliphatic carbocycles. The number of rotatable bonds is 10. The number of carbonyl (C=O) groups is 2. The van der Waals surface area contributed by atoms with Crippen LogP contribution in [-0.2, 0) is 11.3 Å². The molecular formula is C22H30FN5O4. The van der Waals surface area contributed by atoms with Crippen molar-refractivity contribution in [3.8, 4) is 6.07 Å². The van der Waals surface area contributed by atoms with Crippen LogP contribution >= 0.6 is 0 Å². The van der Waals surface area contributed by atoms with Crippen molar-refractivity contribution in [3.05, 3.63) is 29.7 Å². The SMILES string of the molecule is CC(C)(C)[C@H](NC(=O)c1nn(CCCCC#N)c2c(F)cccc12)C(=O)NC[C@H](O)CO. The van der Waals surface area contributed by atoms with Gasteiger partial charge in [0.05, 0.1) is 18.8 Å². The summed E-state index contributed by atoms with van der Waals surface area (Å²) < 4.78 is 16.0. The first-order chi connectivity index (χ1) is 15.1. The van der Waals surface area contributed by atoms with Gasteiger partial charge < -0.3 is 20.8 Å². The molecule has 0 spiro atoms. The molecule has 2 rings (SSSR count). The van der Waals surface area contributed by atoms with Crippen LogP contribution in [0.25, 0.3) is 10.9 Å². The molecule has 32 heavy (non-hydrogen) atoms. The van der Waals surface area contributed by atoms with Crippen LogP contribution in [0.2, 0.25) is 0 Å². The van der Waals surface area contributed by atoms with E-state index in [1.165, 1.54) is 16.8 Å². The molecule has 0 unspecified atom stereocenters. The monoisotopic (exact) mass is 447 g/mol. The van der Waals surface area contributed by atoms with Crippen molar-refractivity contribution in [3.63, 3.8) is 0 Å². The van der Waals surface area contributed by atoms with Gasteiger partial charge in [0.25, 0.3) is 5.91 Å². The zero-order valence-corrected chi connectivity index (χ0v) is 18.6. The highest BCUT2D eigenvalue weighted by Gasteiger charge is 2.34. The van der Waals surface area contributed by atoms with Gasteiger partial charge in [0, 0.05) is 24.9 Å². The van der Waals surface area contributed by atoms with Gasteiger partial charge in [-0.15, -0.1) is 0 Å². The molecule has 0 saturated heterocycles. The molecular weight excluding hydrogens is 417 g/mol. The van der Waals surface area contributed by atoms with Crippen LogP contribution in [0, 0.1) is 22.6 Å². The number of para-hydroxylation sites is 1.